The van der Waals surface area contributed by atoms with Crippen LogP contribution in [0.2, 0.25) is 0 Å². The molecule has 0 fully saturated rings. The average molecular weight is 296 g/mol. The van der Waals surface area contributed by atoms with Crippen molar-refractivity contribution in [3.05, 3.63) is 15.4 Å². The molecule has 1 heterocycles. The molecule has 0 radical (unpaired) electrons. The molecule has 1 rings (SSSR count). The molecule has 0 bridgehead atoms. The largest absolute Gasteiger partial charge is 0.290 e. The molecule has 1 aromatic heterocycles. The van der Waals surface area contributed by atoms with E-state index in [0.717, 1.165) is 6.34 Å². The Labute approximate surface area is 85.2 Å². The van der Waals surface area contributed by atoms with Crippen LogP contribution in [0.5, 0.6) is 0 Å². The van der Waals surface area contributed by atoms with Crippen molar-refractivity contribution in [1.82, 2.24) is 15.4 Å². The second kappa shape index (κ2) is 4.48. The summed E-state index contributed by atoms with van der Waals surface area (Å²) in [5.74, 6) is 0.389. The predicted octanol–water partition coefficient (Wildman–Crippen LogP) is 1.64. The minimum Gasteiger partial charge on any atom is -0.290 e. The van der Waals surface area contributed by atoms with Gasteiger partial charge in [0.25, 0.3) is 0 Å². The van der Waals surface area contributed by atoms with Crippen LogP contribution in [-0.4, -0.2) is 21.5 Å². The Bertz CT molecular complexity index is 303. The number of halogens is 2. The summed E-state index contributed by atoms with van der Waals surface area (Å²) in [7, 11) is 0. The molecule has 0 spiro atoms. The molecule has 0 aliphatic heterocycles. The number of hydrogen-bond donors (Lipinski definition) is 2. The summed E-state index contributed by atoms with van der Waals surface area (Å²) in [6.45, 7) is 0. The summed E-state index contributed by atoms with van der Waals surface area (Å²) in [5.41, 5.74) is 1.77. The molecule has 0 saturated heterocycles. The van der Waals surface area contributed by atoms with E-state index in [1.807, 2.05) is 0 Å². The predicted molar refractivity (Wildman–Crippen MR) is 50.5 cm³/mol. The van der Waals surface area contributed by atoms with Gasteiger partial charge in [-0.3, -0.25) is 10.7 Å². The number of nitrogens with one attached hydrogen (secondary N) is 1. The van der Waals surface area contributed by atoms with Crippen LogP contribution in [0, 0.1) is 0 Å². The maximum absolute atomic E-state index is 8.20. The normalized spacial score (nSPS) is 10.6. The molecule has 0 atom stereocenters. The number of rotatable bonds is 2. The summed E-state index contributed by atoms with van der Waals surface area (Å²) < 4.78 is 1.12. The van der Waals surface area contributed by atoms with Crippen LogP contribution in [0.1, 0.15) is 0 Å². The molecule has 5 nitrogen and oxygen atoms in total. The van der Waals surface area contributed by atoms with Gasteiger partial charge in [0.05, 0.1) is 6.20 Å². The van der Waals surface area contributed by atoms with Gasteiger partial charge in [-0.05, 0) is 31.9 Å². The summed E-state index contributed by atoms with van der Waals surface area (Å²) in [5, 5.41) is 8.20. The van der Waals surface area contributed by atoms with Gasteiger partial charge < -0.3 is 0 Å². The molecule has 64 valence electrons. The Hall–Kier alpha value is -0.530. The van der Waals surface area contributed by atoms with Crippen molar-refractivity contribution in [2.24, 2.45) is 4.99 Å². The highest BCUT2D eigenvalue weighted by atomic mass is 79.9. The van der Waals surface area contributed by atoms with Crippen LogP contribution in [-0.2, 0) is 0 Å². The maximum Gasteiger partial charge on any atom is 0.187 e. The van der Waals surface area contributed by atoms with E-state index in [1.165, 1.54) is 6.20 Å². The van der Waals surface area contributed by atoms with Crippen LogP contribution in [0.15, 0.2) is 20.4 Å². The summed E-state index contributed by atoms with van der Waals surface area (Å²) in [4.78, 5) is 11.6. The Kier molecular flexibility index (Phi) is 3.57. The van der Waals surface area contributed by atoms with E-state index in [2.05, 4.69) is 46.8 Å². The number of aliphatic imine (C=N–C) groups is 1. The second-order valence-electron chi connectivity index (χ2n) is 1.69. The number of hydroxylamine groups is 1. The van der Waals surface area contributed by atoms with Gasteiger partial charge >= 0.3 is 0 Å². The topological polar surface area (TPSA) is 70.4 Å². The van der Waals surface area contributed by atoms with E-state index in [1.54, 1.807) is 5.48 Å². The third-order valence-corrected chi connectivity index (χ3v) is 1.84. The standard InChI is InChI=1S/C5H4Br2N4O/c6-3-1-8-5(4(7)11-3)9-2-10-12/h1-2,12H,(H,8,9,10). The minimum absolute atomic E-state index is 0.389. The molecule has 2 N–H and O–H groups in total. The SMILES string of the molecule is ONC=Nc1ncc(Br)nc1Br. The molecule has 0 aromatic carbocycles. The Morgan fingerprint density at radius 2 is 2.33 bits per heavy atom. The Morgan fingerprint density at radius 3 is 2.92 bits per heavy atom. The smallest absolute Gasteiger partial charge is 0.187 e. The molecule has 0 saturated carbocycles. The van der Waals surface area contributed by atoms with Gasteiger partial charge in [0, 0.05) is 0 Å². The van der Waals surface area contributed by atoms with Crippen LogP contribution in [0.25, 0.3) is 0 Å². The highest BCUT2D eigenvalue weighted by molar-refractivity contribution is 9.11. The molecule has 1 aromatic rings. The second-order valence-corrected chi connectivity index (χ2v) is 3.26. The van der Waals surface area contributed by atoms with Crippen molar-refractivity contribution in [2.45, 2.75) is 0 Å². The Morgan fingerprint density at radius 1 is 1.58 bits per heavy atom. The lowest BCUT2D eigenvalue weighted by Crippen LogP contribution is -2.01. The number of aromatic nitrogens is 2. The van der Waals surface area contributed by atoms with Crippen molar-refractivity contribution >= 4 is 44.0 Å². The average Bonchev–Trinajstić information content (AvgIpc) is 2.03. The summed E-state index contributed by atoms with van der Waals surface area (Å²) >= 11 is 6.29. The third-order valence-electron chi connectivity index (χ3n) is 0.927. The molecule has 12 heavy (non-hydrogen) atoms. The quantitative estimate of drug-likeness (QED) is 0.494. The van der Waals surface area contributed by atoms with Gasteiger partial charge in [-0.25, -0.2) is 15.0 Å². The first-order chi connectivity index (χ1) is 5.74. The van der Waals surface area contributed by atoms with E-state index in [0.29, 0.717) is 15.0 Å². The third kappa shape index (κ3) is 2.50. The fourth-order valence-corrected chi connectivity index (χ4v) is 1.43. The van der Waals surface area contributed by atoms with Crippen LogP contribution < -0.4 is 5.48 Å². The highest BCUT2D eigenvalue weighted by Crippen LogP contribution is 2.21. The zero-order chi connectivity index (χ0) is 8.97. The first-order valence-corrected chi connectivity index (χ1v) is 4.43. The zero-order valence-corrected chi connectivity index (χ0v) is 8.87. The van der Waals surface area contributed by atoms with E-state index in [-0.39, 0.29) is 0 Å². The molecule has 0 aliphatic rings. The van der Waals surface area contributed by atoms with E-state index >= 15 is 0 Å². The van der Waals surface area contributed by atoms with Crippen LogP contribution in [0.4, 0.5) is 5.82 Å². The monoisotopic (exact) mass is 294 g/mol. The lowest BCUT2D eigenvalue weighted by molar-refractivity contribution is 0.240. The van der Waals surface area contributed by atoms with Crippen molar-refractivity contribution in [2.75, 3.05) is 0 Å². The summed E-state index contributed by atoms with van der Waals surface area (Å²) in [6.07, 6.45) is 2.61. The van der Waals surface area contributed by atoms with Gasteiger partial charge in [-0.2, -0.15) is 0 Å². The number of hydrogen-bond acceptors (Lipinski definition) is 4. The van der Waals surface area contributed by atoms with Crippen molar-refractivity contribution in [1.29, 1.82) is 0 Å². The van der Waals surface area contributed by atoms with Gasteiger partial charge in [-0.15, -0.1) is 0 Å². The first-order valence-electron chi connectivity index (χ1n) is 2.84. The highest BCUT2D eigenvalue weighted by Gasteiger charge is 2.00. The molecule has 0 unspecified atom stereocenters. The fourth-order valence-electron chi connectivity index (χ4n) is 0.517. The van der Waals surface area contributed by atoms with Crippen molar-refractivity contribution in [3.8, 4) is 0 Å². The fraction of sp³-hybridized carbons (Fsp3) is 0. The minimum atomic E-state index is 0.389. The van der Waals surface area contributed by atoms with Gasteiger partial charge in [0.1, 0.15) is 10.9 Å². The molecule has 0 aliphatic carbocycles. The molecule has 0 amide bonds. The van der Waals surface area contributed by atoms with Gasteiger partial charge in [0.2, 0.25) is 0 Å². The van der Waals surface area contributed by atoms with E-state index < -0.39 is 0 Å². The first kappa shape index (κ1) is 9.56. The molecular weight excluding hydrogens is 292 g/mol. The van der Waals surface area contributed by atoms with Gasteiger partial charge in [0.15, 0.2) is 10.4 Å². The van der Waals surface area contributed by atoms with Crippen LogP contribution in [0.3, 0.4) is 0 Å². The summed E-state index contributed by atoms with van der Waals surface area (Å²) in [6, 6.07) is 0. The Balaban J connectivity index is 2.94. The van der Waals surface area contributed by atoms with Crippen molar-refractivity contribution < 1.29 is 5.21 Å². The van der Waals surface area contributed by atoms with Crippen molar-refractivity contribution in [3.63, 3.8) is 0 Å². The molecular formula is C5H4Br2N4O. The molecule has 7 heteroatoms. The van der Waals surface area contributed by atoms with E-state index in [4.69, 9.17) is 5.21 Å². The zero-order valence-electron chi connectivity index (χ0n) is 5.70. The number of nitrogens with zero attached hydrogens (tertiary/aromatic N) is 3. The van der Waals surface area contributed by atoms with Crippen LogP contribution >= 0.6 is 31.9 Å². The van der Waals surface area contributed by atoms with Gasteiger partial charge in [-0.1, -0.05) is 0 Å². The van der Waals surface area contributed by atoms with E-state index in [9.17, 15) is 0 Å². The lowest BCUT2D eigenvalue weighted by Gasteiger charge is -1.95. The maximum atomic E-state index is 8.20. The lowest BCUT2D eigenvalue weighted by atomic mass is 10.7.